The lowest BCUT2D eigenvalue weighted by atomic mass is 9.97. The van der Waals surface area contributed by atoms with Gasteiger partial charge in [0.25, 0.3) is 0 Å². The first kappa shape index (κ1) is 20.5. The number of nitrogens with zero attached hydrogens (tertiary/aromatic N) is 2. The van der Waals surface area contributed by atoms with Crippen LogP contribution in [0.2, 0.25) is 0 Å². The molecule has 2 aliphatic heterocycles. The van der Waals surface area contributed by atoms with Gasteiger partial charge < -0.3 is 24.6 Å². The normalized spacial score (nSPS) is 20.6. The van der Waals surface area contributed by atoms with E-state index in [9.17, 15) is 9.59 Å². The van der Waals surface area contributed by atoms with Gasteiger partial charge in [0.05, 0.1) is 19.1 Å². The number of morpholine rings is 1. The fourth-order valence-electron chi connectivity index (χ4n) is 3.50. The number of anilines is 2. The predicted octanol–water partition coefficient (Wildman–Crippen LogP) is 3.11. The van der Waals surface area contributed by atoms with Crippen molar-refractivity contribution >= 4 is 23.4 Å². The average Bonchev–Trinajstić information content (AvgIpc) is 2.68. The number of benzene rings is 1. The average molecular weight is 389 g/mol. The highest BCUT2D eigenvalue weighted by Crippen LogP contribution is 2.23. The zero-order valence-electron chi connectivity index (χ0n) is 17.1. The zero-order valence-corrected chi connectivity index (χ0v) is 17.1. The molecule has 1 aromatic rings. The number of carbonyl (C=O) groups is 2. The Kier molecular flexibility index (Phi) is 6.44. The van der Waals surface area contributed by atoms with Crippen molar-refractivity contribution < 1.29 is 19.1 Å². The number of hydrogen-bond acceptors (Lipinski definition) is 5. The van der Waals surface area contributed by atoms with Gasteiger partial charge in [-0.05, 0) is 57.9 Å². The van der Waals surface area contributed by atoms with Gasteiger partial charge in [0.2, 0.25) is 5.91 Å². The van der Waals surface area contributed by atoms with E-state index in [0.717, 1.165) is 50.5 Å². The third-order valence-electron chi connectivity index (χ3n) is 4.95. The smallest absolute Gasteiger partial charge is 0.410 e. The van der Waals surface area contributed by atoms with Crippen LogP contribution in [0.3, 0.4) is 0 Å². The molecule has 2 fully saturated rings. The summed E-state index contributed by atoms with van der Waals surface area (Å²) in [7, 11) is 0. The van der Waals surface area contributed by atoms with Crippen molar-refractivity contribution in [3.8, 4) is 0 Å². The minimum Gasteiger partial charge on any atom is -0.444 e. The lowest BCUT2D eigenvalue weighted by Crippen LogP contribution is -2.45. The van der Waals surface area contributed by atoms with Crippen LogP contribution in [0, 0.1) is 5.92 Å². The van der Waals surface area contributed by atoms with Crippen LogP contribution in [-0.2, 0) is 14.3 Å². The van der Waals surface area contributed by atoms with E-state index in [1.165, 1.54) is 0 Å². The van der Waals surface area contributed by atoms with Crippen LogP contribution in [0.4, 0.5) is 16.2 Å². The molecule has 2 saturated heterocycles. The molecule has 1 aromatic carbocycles. The van der Waals surface area contributed by atoms with Crippen LogP contribution < -0.4 is 10.2 Å². The van der Waals surface area contributed by atoms with Gasteiger partial charge in [-0.2, -0.15) is 0 Å². The number of likely N-dealkylation sites (tertiary alicyclic amines) is 1. The standard InChI is InChI=1S/C21H31N3O4/c1-21(2,3)28-20(26)24-10-4-5-16(15-24)19(25)22-17-6-8-18(9-7-17)23-11-13-27-14-12-23/h6-9,16H,4-5,10-15H2,1-3H3,(H,22,25). The first-order valence-electron chi connectivity index (χ1n) is 10.0. The summed E-state index contributed by atoms with van der Waals surface area (Å²) in [5.74, 6) is -0.271. The lowest BCUT2D eigenvalue weighted by molar-refractivity contribution is -0.121. The highest BCUT2D eigenvalue weighted by atomic mass is 16.6. The molecule has 7 nitrogen and oxygen atoms in total. The molecule has 1 atom stereocenters. The number of amides is 2. The Hall–Kier alpha value is -2.28. The van der Waals surface area contributed by atoms with Gasteiger partial charge in [-0.15, -0.1) is 0 Å². The van der Waals surface area contributed by atoms with Crippen LogP contribution in [0.5, 0.6) is 0 Å². The Morgan fingerprint density at radius 2 is 1.79 bits per heavy atom. The van der Waals surface area contributed by atoms with Crippen molar-refractivity contribution in [3.05, 3.63) is 24.3 Å². The molecule has 0 aromatic heterocycles. The first-order valence-corrected chi connectivity index (χ1v) is 10.0. The Balaban J connectivity index is 1.54. The second kappa shape index (κ2) is 8.82. The van der Waals surface area contributed by atoms with Crippen LogP contribution in [0.25, 0.3) is 0 Å². The maximum absolute atomic E-state index is 12.7. The molecule has 0 bridgehead atoms. The molecule has 1 unspecified atom stereocenters. The third-order valence-corrected chi connectivity index (χ3v) is 4.95. The van der Waals surface area contributed by atoms with Gasteiger partial charge in [-0.1, -0.05) is 0 Å². The maximum Gasteiger partial charge on any atom is 0.410 e. The molecular weight excluding hydrogens is 358 g/mol. The zero-order chi connectivity index (χ0) is 20.1. The maximum atomic E-state index is 12.7. The largest absolute Gasteiger partial charge is 0.444 e. The number of carbonyl (C=O) groups excluding carboxylic acids is 2. The van der Waals surface area contributed by atoms with E-state index in [2.05, 4.69) is 10.2 Å². The molecule has 1 N–H and O–H groups in total. The molecule has 2 heterocycles. The van der Waals surface area contributed by atoms with E-state index in [1.54, 1.807) is 4.90 Å². The van der Waals surface area contributed by atoms with E-state index in [-0.39, 0.29) is 17.9 Å². The second-order valence-corrected chi connectivity index (χ2v) is 8.40. The number of hydrogen-bond donors (Lipinski definition) is 1. The molecule has 0 radical (unpaired) electrons. The van der Waals surface area contributed by atoms with Crippen LogP contribution in [0.1, 0.15) is 33.6 Å². The second-order valence-electron chi connectivity index (χ2n) is 8.40. The monoisotopic (exact) mass is 389 g/mol. The highest BCUT2D eigenvalue weighted by molar-refractivity contribution is 5.93. The summed E-state index contributed by atoms with van der Waals surface area (Å²) in [5, 5.41) is 2.99. The highest BCUT2D eigenvalue weighted by Gasteiger charge is 2.31. The van der Waals surface area contributed by atoms with E-state index >= 15 is 0 Å². The molecule has 3 rings (SSSR count). The van der Waals surface area contributed by atoms with Crippen molar-refractivity contribution in [1.82, 2.24) is 4.90 Å². The minimum atomic E-state index is -0.533. The molecule has 7 heteroatoms. The fourth-order valence-corrected chi connectivity index (χ4v) is 3.50. The van der Waals surface area contributed by atoms with E-state index in [1.807, 2.05) is 45.0 Å². The molecule has 28 heavy (non-hydrogen) atoms. The summed E-state index contributed by atoms with van der Waals surface area (Å²) in [6.07, 6.45) is 1.23. The number of nitrogens with one attached hydrogen (secondary N) is 1. The van der Waals surface area contributed by atoms with Gasteiger partial charge in [0, 0.05) is 37.6 Å². The molecule has 0 spiro atoms. The SMILES string of the molecule is CC(C)(C)OC(=O)N1CCCC(C(=O)Nc2ccc(N3CCOCC3)cc2)C1. The van der Waals surface area contributed by atoms with Gasteiger partial charge >= 0.3 is 6.09 Å². The van der Waals surface area contributed by atoms with Crippen LogP contribution in [0.15, 0.2) is 24.3 Å². The molecule has 0 saturated carbocycles. The molecule has 2 amide bonds. The van der Waals surface area contributed by atoms with Crippen LogP contribution >= 0.6 is 0 Å². The Labute approximate surface area is 167 Å². The predicted molar refractivity (Wildman–Crippen MR) is 109 cm³/mol. The van der Waals surface area contributed by atoms with Gasteiger partial charge in [-0.3, -0.25) is 4.79 Å². The van der Waals surface area contributed by atoms with Crippen molar-refractivity contribution in [1.29, 1.82) is 0 Å². The Morgan fingerprint density at radius 1 is 1.11 bits per heavy atom. The topological polar surface area (TPSA) is 71.1 Å². The summed E-state index contributed by atoms with van der Waals surface area (Å²) in [5.41, 5.74) is 1.38. The Morgan fingerprint density at radius 3 is 2.43 bits per heavy atom. The van der Waals surface area contributed by atoms with E-state index in [0.29, 0.717) is 13.1 Å². The molecule has 0 aliphatic carbocycles. The summed E-state index contributed by atoms with van der Waals surface area (Å²) >= 11 is 0. The number of piperidine rings is 1. The third kappa shape index (κ3) is 5.61. The quantitative estimate of drug-likeness (QED) is 0.860. The van der Waals surface area contributed by atoms with Crippen LogP contribution in [-0.4, -0.2) is 61.9 Å². The fraction of sp³-hybridized carbons (Fsp3) is 0.619. The van der Waals surface area contributed by atoms with E-state index in [4.69, 9.17) is 9.47 Å². The van der Waals surface area contributed by atoms with Gasteiger partial charge in [0.15, 0.2) is 0 Å². The summed E-state index contributed by atoms with van der Waals surface area (Å²) in [4.78, 5) is 28.9. The lowest BCUT2D eigenvalue weighted by Gasteiger charge is -2.33. The van der Waals surface area contributed by atoms with Crippen molar-refractivity contribution in [2.45, 2.75) is 39.2 Å². The summed E-state index contributed by atoms with van der Waals surface area (Å²) in [6.45, 7) is 9.82. The van der Waals surface area contributed by atoms with Gasteiger partial charge in [0.1, 0.15) is 5.60 Å². The van der Waals surface area contributed by atoms with E-state index < -0.39 is 5.60 Å². The minimum absolute atomic E-state index is 0.0487. The van der Waals surface area contributed by atoms with Crippen molar-refractivity contribution in [3.63, 3.8) is 0 Å². The number of rotatable bonds is 3. The number of ether oxygens (including phenoxy) is 2. The van der Waals surface area contributed by atoms with Gasteiger partial charge in [-0.25, -0.2) is 4.79 Å². The summed E-state index contributed by atoms with van der Waals surface area (Å²) in [6, 6.07) is 7.90. The molecule has 154 valence electrons. The Bertz CT molecular complexity index is 678. The summed E-state index contributed by atoms with van der Waals surface area (Å²) < 4.78 is 10.8. The molecular formula is C21H31N3O4. The first-order chi connectivity index (χ1) is 13.3. The molecule has 2 aliphatic rings. The van der Waals surface area contributed by atoms with Crippen molar-refractivity contribution in [2.75, 3.05) is 49.6 Å². The van der Waals surface area contributed by atoms with Crippen molar-refractivity contribution in [2.24, 2.45) is 5.92 Å².